The third kappa shape index (κ3) is 4.14. The molecule has 1 fully saturated rings. The number of hydrogen-bond donors (Lipinski definition) is 3. The van der Waals surface area contributed by atoms with E-state index in [1.54, 1.807) is 0 Å². The second kappa shape index (κ2) is 6.81. The Balaban J connectivity index is 2.06. The van der Waals surface area contributed by atoms with E-state index in [-0.39, 0.29) is 0 Å². The van der Waals surface area contributed by atoms with Crippen molar-refractivity contribution in [2.24, 2.45) is 5.84 Å². The van der Waals surface area contributed by atoms with Crippen molar-refractivity contribution in [1.29, 1.82) is 0 Å². The Morgan fingerprint density at radius 1 is 1.37 bits per heavy atom. The van der Waals surface area contributed by atoms with Gasteiger partial charge in [0.1, 0.15) is 17.5 Å². The number of nitrogens with one attached hydrogen (secondary N) is 2. The fourth-order valence-electron chi connectivity index (χ4n) is 2.13. The molecule has 106 valence electrons. The van der Waals surface area contributed by atoms with Crippen LogP contribution in [0.15, 0.2) is 6.07 Å². The summed E-state index contributed by atoms with van der Waals surface area (Å²) in [5, 5.41) is 3.39. The highest BCUT2D eigenvalue weighted by Gasteiger charge is 2.18. The average molecular weight is 283 g/mol. The van der Waals surface area contributed by atoms with Crippen LogP contribution >= 0.6 is 0 Å². The number of hydrazine groups is 1. The number of nitrogens with zero attached hydrogens (tertiary/aromatic N) is 2. The van der Waals surface area contributed by atoms with E-state index in [0.717, 1.165) is 48.8 Å². The standard InChI is InChI=1S/C12H21N5OS/c1-2-3-10-15-11(8-12(16-10)17-13)14-9-4-6-19(18)7-5-9/h8-9H,2-7,13H2,1H3,(H2,14,15,16,17). The quantitative estimate of drug-likeness (QED) is 0.552. The van der Waals surface area contributed by atoms with Gasteiger partial charge in [0.05, 0.1) is 0 Å². The number of rotatable bonds is 5. The number of hydrogen-bond acceptors (Lipinski definition) is 6. The van der Waals surface area contributed by atoms with Crippen molar-refractivity contribution in [2.45, 2.75) is 38.6 Å². The van der Waals surface area contributed by atoms with Crippen molar-refractivity contribution in [3.63, 3.8) is 0 Å². The van der Waals surface area contributed by atoms with Crippen LogP contribution in [0.2, 0.25) is 0 Å². The van der Waals surface area contributed by atoms with E-state index in [9.17, 15) is 4.21 Å². The molecule has 0 unspecified atom stereocenters. The predicted molar refractivity (Wildman–Crippen MR) is 78.4 cm³/mol. The van der Waals surface area contributed by atoms with Crippen LogP contribution in [0, 0.1) is 0 Å². The van der Waals surface area contributed by atoms with Gasteiger partial charge in [0, 0.05) is 40.8 Å². The first kappa shape index (κ1) is 14.2. The molecule has 4 N–H and O–H groups in total. The van der Waals surface area contributed by atoms with E-state index < -0.39 is 10.8 Å². The topological polar surface area (TPSA) is 92.9 Å². The van der Waals surface area contributed by atoms with E-state index in [0.29, 0.717) is 11.9 Å². The van der Waals surface area contributed by atoms with Gasteiger partial charge in [-0.2, -0.15) is 0 Å². The van der Waals surface area contributed by atoms with Gasteiger partial charge in [0.25, 0.3) is 0 Å². The molecule has 2 rings (SSSR count). The van der Waals surface area contributed by atoms with Gasteiger partial charge in [-0.1, -0.05) is 6.92 Å². The summed E-state index contributed by atoms with van der Waals surface area (Å²) in [6.07, 6.45) is 3.67. The largest absolute Gasteiger partial charge is 0.367 e. The summed E-state index contributed by atoms with van der Waals surface area (Å²) in [4.78, 5) is 8.80. The summed E-state index contributed by atoms with van der Waals surface area (Å²) in [5.74, 6) is 9.18. The molecule has 0 aliphatic carbocycles. The molecule has 2 heterocycles. The zero-order chi connectivity index (χ0) is 13.7. The molecule has 6 nitrogen and oxygen atoms in total. The van der Waals surface area contributed by atoms with Gasteiger partial charge in [-0.3, -0.25) is 4.21 Å². The minimum absolute atomic E-state index is 0.340. The van der Waals surface area contributed by atoms with Crippen LogP contribution in [-0.2, 0) is 17.2 Å². The van der Waals surface area contributed by atoms with Crippen molar-refractivity contribution < 1.29 is 4.21 Å². The van der Waals surface area contributed by atoms with Crippen molar-refractivity contribution in [1.82, 2.24) is 9.97 Å². The molecule has 19 heavy (non-hydrogen) atoms. The Labute approximate surface area is 116 Å². The lowest BCUT2D eigenvalue weighted by Gasteiger charge is -2.23. The lowest BCUT2D eigenvalue weighted by molar-refractivity contribution is 0.622. The van der Waals surface area contributed by atoms with Crippen LogP contribution in [0.4, 0.5) is 11.6 Å². The Morgan fingerprint density at radius 2 is 2.05 bits per heavy atom. The first-order valence-electron chi connectivity index (χ1n) is 6.67. The number of anilines is 2. The lowest BCUT2D eigenvalue weighted by Crippen LogP contribution is -2.30. The van der Waals surface area contributed by atoms with Crippen LogP contribution in [0.1, 0.15) is 32.0 Å². The summed E-state index contributed by atoms with van der Waals surface area (Å²) >= 11 is 0. The maximum Gasteiger partial charge on any atom is 0.145 e. The fourth-order valence-corrected chi connectivity index (χ4v) is 3.43. The summed E-state index contributed by atoms with van der Waals surface area (Å²) in [7, 11) is -0.637. The molecule has 0 radical (unpaired) electrons. The van der Waals surface area contributed by atoms with Crippen LogP contribution in [-0.4, -0.2) is 31.7 Å². The third-order valence-corrected chi connectivity index (χ3v) is 4.52. The van der Waals surface area contributed by atoms with Crippen molar-refractivity contribution >= 4 is 22.4 Å². The Hall–Kier alpha value is -1.21. The molecule has 0 amide bonds. The van der Waals surface area contributed by atoms with Crippen LogP contribution < -0.4 is 16.6 Å². The van der Waals surface area contributed by atoms with E-state index in [1.165, 1.54) is 0 Å². The first-order valence-corrected chi connectivity index (χ1v) is 8.16. The van der Waals surface area contributed by atoms with Gasteiger partial charge in [0.15, 0.2) is 0 Å². The maximum absolute atomic E-state index is 11.3. The van der Waals surface area contributed by atoms with Gasteiger partial charge in [0.2, 0.25) is 0 Å². The number of aryl methyl sites for hydroxylation is 1. The smallest absolute Gasteiger partial charge is 0.145 e. The normalized spacial score (nSPS) is 23.1. The molecule has 0 saturated carbocycles. The highest BCUT2D eigenvalue weighted by atomic mass is 32.2. The Morgan fingerprint density at radius 3 is 2.68 bits per heavy atom. The molecule has 1 aliphatic rings. The number of nitrogen functional groups attached to an aromatic ring is 1. The molecule has 1 aromatic heterocycles. The monoisotopic (exact) mass is 283 g/mol. The van der Waals surface area contributed by atoms with Crippen LogP contribution in [0.5, 0.6) is 0 Å². The van der Waals surface area contributed by atoms with E-state index in [2.05, 4.69) is 27.6 Å². The molecule has 1 aliphatic heterocycles. The summed E-state index contributed by atoms with van der Waals surface area (Å²) in [6.45, 7) is 2.09. The average Bonchev–Trinajstić information content (AvgIpc) is 2.41. The number of aromatic nitrogens is 2. The maximum atomic E-state index is 11.3. The van der Waals surface area contributed by atoms with Gasteiger partial charge >= 0.3 is 0 Å². The SMILES string of the molecule is CCCc1nc(NN)cc(NC2CCS(=O)CC2)n1. The number of nitrogens with two attached hydrogens (primary N) is 1. The summed E-state index contributed by atoms with van der Waals surface area (Å²) < 4.78 is 11.3. The molecular weight excluding hydrogens is 262 g/mol. The fraction of sp³-hybridized carbons (Fsp3) is 0.667. The van der Waals surface area contributed by atoms with E-state index >= 15 is 0 Å². The molecule has 7 heteroatoms. The molecular formula is C12H21N5OS. The van der Waals surface area contributed by atoms with Gasteiger partial charge in [-0.25, -0.2) is 15.8 Å². The predicted octanol–water partition coefficient (Wildman–Crippen LogP) is 1.04. The summed E-state index contributed by atoms with van der Waals surface area (Å²) in [5.41, 5.74) is 2.57. The second-order valence-corrected chi connectivity index (χ2v) is 6.41. The van der Waals surface area contributed by atoms with Crippen molar-refractivity contribution in [3.8, 4) is 0 Å². The van der Waals surface area contributed by atoms with E-state index in [4.69, 9.17) is 5.84 Å². The lowest BCUT2D eigenvalue weighted by atomic mass is 10.1. The summed E-state index contributed by atoms with van der Waals surface area (Å²) in [6, 6.07) is 2.15. The minimum atomic E-state index is -0.637. The molecule has 0 atom stereocenters. The Kier molecular flexibility index (Phi) is 5.09. The molecule has 1 saturated heterocycles. The van der Waals surface area contributed by atoms with Crippen LogP contribution in [0.3, 0.4) is 0 Å². The molecule has 0 spiro atoms. The zero-order valence-corrected chi connectivity index (χ0v) is 12.0. The van der Waals surface area contributed by atoms with Crippen molar-refractivity contribution in [3.05, 3.63) is 11.9 Å². The van der Waals surface area contributed by atoms with Crippen LogP contribution in [0.25, 0.3) is 0 Å². The van der Waals surface area contributed by atoms with Gasteiger partial charge < -0.3 is 10.7 Å². The second-order valence-electron chi connectivity index (χ2n) is 4.72. The molecule has 0 bridgehead atoms. The third-order valence-electron chi connectivity index (χ3n) is 3.13. The minimum Gasteiger partial charge on any atom is -0.367 e. The zero-order valence-electron chi connectivity index (χ0n) is 11.2. The highest BCUT2D eigenvalue weighted by molar-refractivity contribution is 7.85. The van der Waals surface area contributed by atoms with Crippen molar-refractivity contribution in [2.75, 3.05) is 22.2 Å². The molecule has 0 aromatic carbocycles. The van der Waals surface area contributed by atoms with E-state index in [1.807, 2.05) is 6.07 Å². The Bertz CT molecular complexity index is 444. The first-order chi connectivity index (χ1) is 9.21. The van der Waals surface area contributed by atoms with Gasteiger partial charge in [-0.05, 0) is 19.3 Å². The molecule has 1 aromatic rings. The van der Waals surface area contributed by atoms with Gasteiger partial charge in [-0.15, -0.1) is 0 Å². The highest BCUT2D eigenvalue weighted by Crippen LogP contribution is 2.17.